The highest BCUT2D eigenvalue weighted by molar-refractivity contribution is 7.99. The highest BCUT2D eigenvalue weighted by Crippen LogP contribution is 2.33. The average Bonchev–Trinajstić information content (AvgIpc) is 3.29. The van der Waals surface area contributed by atoms with Gasteiger partial charge in [0.25, 0.3) is 5.91 Å². The normalized spacial score (nSPS) is 11.9. The molecule has 0 bridgehead atoms. The molecule has 0 aliphatic carbocycles. The molecule has 2 aromatic carbocycles. The smallest absolute Gasteiger partial charge is 0.253 e. The number of carbonyl (C=O) groups is 1. The molecule has 2 heterocycles. The highest BCUT2D eigenvalue weighted by Gasteiger charge is 2.29. The van der Waals surface area contributed by atoms with Gasteiger partial charge in [0.1, 0.15) is 0 Å². The van der Waals surface area contributed by atoms with Crippen molar-refractivity contribution >= 4 is 40.7 Å². The third kappa shape index (κ3) is 5.20. The molecule has 34 heavy (non-hydrogen) atoms. The van der Waals surface area contributed by atoms with E-state index in [-0.39, 0.29) is 19.1 Å². The van der Waals surface area contributed by atoms with Crippen LogP contribution < -0.4 is 5.32 Å². The van der Waals surface area contributed by atoms with Crippen LogP contribution in [0.2, 0.25) is 0 Å². The first-order valence-corrected chi connectivity index (χ1v) is 11.8. The van der Waals surface area contributed by atoms with Crippen molar-refractivity contribution < 1.29 is 15.0 Å². The number of aliphatic hydroxyl groups excluding tert-OH is 2. The van der Waals surface area contributed by atoms with E-state index in [9.17, 15) is 15.0 Å². The van der Waals surface area contributed by atoms with E-state index in [1.807, 2.05) is 67.6 Å². The summed E-state index contributed by atoms with van der Waals surface area (Å²) in [5, 5.41) is 30.6. The molecule has 2 aromatic heterocycles. The summed E-state index contributed by atoms with van der Waals surface area (Å²) >= 11 is 1.46. The van der Waals surface area contributed by atoms with Gasteiger partial charge in [-0.15, -0.1) is 0 Å². The summed E-state index contributed by atoms with van der Waals surface area (Å²) in [5.41, 5.74) is 1.99. The second-order valence-corrected chi connectivity index (χ2v) is 9.02. The number of amides is 1. The second-order valence-electron chi connectivity index (χ2n) is 7.91. The number of fused-ring (bicyclic) bond motifs is 1. The lowest BCUT2D eigenvalue weighted by molar-refractivity contribution is 0.0650. The molecule has 7 nitrogen and oxygen atoms in total. The van der Waals surface area contributed by atoms with Crippen molar-refractivity contribution in [2.24, 2.45) is 0 Å². The van der Waals surface area contributed by atoms with Crippen LogP contribution in [0.3, 0.4) is 0 Å². The largest absolute Gasteiger partial charge is 0.394 e. The van der Waals surface area contributed by atoms with Crippen LogP contribution in [0.25, 0.3) is 23.1 Å². The predicted octanol–water partition coefficient (Wildman–Crippen LogP) is 4.14. The molecular formula is C26H26N4O3S. The Morgan fingerprint density at radius 1 is 1.09 bits per heavy atom. The van der Waals surface area contributed by atoms with Gasteiger partial charge in [0.2, 0.25) is 0 Å². The summed E-state index contributed by atoms with van der Waals surface area (Å²) in [4.78, 5) is 19.0. The highest BCUT2D eigenvalue weighted by atomic mass is 32.2. The lowest BCUT2D eigenvalue weighted by Crippen LogP contribution is -2.53. The SMILES string of the molecule is CCC(CO)(CO)NC(=O)c1ccccc1Sc1ccc2c(/C=C/c3ccccn3)n[nH]c2c1. The number of aromatic nitrogens is 3. The molecule has 8 heteroatoms. The zero-order valence-electron chi connectivity index (χ0n) is 18.7. The number of nitrogens with one attached hydrogen (secondary N) is 2. The Morgan fingerprint density at radius 3 is 2.62 bits per heavy atom. The maximum absolute atomic E-state index is 13.0. The molecule has 4 rings (SSSR count). The van der Waals surface area contributed by atoms with Gasteiger partial charge in [0.05, 0.1) is 41.2 Å². The molecule has 0 atom stereocenters. The van der Waals surface area contributed by atoms with Crippen LogP contribution >= 0.6 is 11.8 Å². The monoisotopic (exact) mass is 474 g/mol. The standard InChI is InChI=1S/C26H26N4O3S/c1-2-26(16-31,17-32)28-25(33)21-8-3-4-9-24(21)34-19-11-12-20-22(29-30-23(20)15-19)13-10-18-7-5-6-14-27-18/h3-15,31-32H,2,16-17H2,1H3,(H,28,33)(H,29,30)/b13-10+. The Balaban J connectivity index is 1.55. The number of carbonyl (C=O) groups excluding carboxylic acids is 1. The molecule has 0 aliphatic rings. The van der Waals surface area contributed by atoms with E-state index in [2.05, 4.69) is 20.5 Å². The summed E-state index contributed by atoms with van der Waals surface area (Å²) in [6.07, 6.45) is 6.01. The Labute approximate surface area is 201 Å². The molecule has 174 valence electrons. The van der Waals surface area contributed by atoms with E-state index >= 15 is 0 Å². The predicted molar refractivity (Wildman–Crippen MR) is 134 cm³/mol. The van der Waals surface area contributed by atoms with Crippen molar-refractivity contribution in [3.8, 4) is 0 Å². The van der Waals surface area contributed by atoms with Crippen LogP contribution in [-0.4, -0.2) is 50.1 Å². The van der Waals surface area contributed by atoms with Crippen LogP contribution in [0.5, 0.6) is 0 Å². The summed E-state index contributed by atoms with van der Waals surface area (Å²) in [6.45, 7) is 1.14. The summed E-state index contributed by atoms with van der Waals surface area (Å²) in [7, 11) is 0. The molecule has 0 unspecified atom stereocenters. The fourth-order valence-electron chi connectivity index (χ4n) is 3.47. The van der Waals surface area contributed by atoms with Gasteiger partial charge in [-0.2, -0.15) is 5.10 Å². The minimum atomic E-state index is -1.05. The molecular weight excluding hydrogens is 448 g/mol. The Bertz CT molecular complexity index is 1290. The van der Waals surface area contributed by atoms with Crippen molar-refractivity contribution in [3.63, 3.8) is 0 Å². The number of hydrogen-bond donors (Lipinski definition) is 4. The molecule has 0 saturated carbocycles. The maximum atomic E-state index is 13.0. The van der Waals surface area contributed by atoms with Crippen LogP contribution in [0.15, 0.2) is 76.7 Å². The zero-order chi connectivity index (χ0) is 24.0. The van der Waals surface area contributed by atoms with E-state index in [0.29, 0.717) is 12.0 Å². The number of nitrogens with zero attached hydrogens (tertiary/aromatic N) is 2. The van der Waals surface area contributed by atoms with Gasteiger partial charge in [-0.1, -0.05) is 36.9 Å². The van der Waals surface area contributed by atoms with Crippen molar-refractivity contribution in [2.45, 2.75) is 28.7 Å². The van der Waals surface area contributed by atoms with Crippen molar-refractivity contribution in [1.82, 2.24) is 20.5 Å². The van der Waals surface area contributed by atoms with Crippen LogP contribution in [0, 0.1) is 0 Å². The minimum Gasteiger partial charge on any atom is -0.394 e. The molecule has 0 radical (unpaired) electrons. The molecule has 4 N–H and O–H groups in total. The van der Waals surface area contributed by atoms with E-state index in [1.165, 1.54) is 11.8 Å². The van der Waals surface area contributed by atoms with E-state index < -0.39 is 5.54 Å². The number of hydrogen-bond acceptors (Lipinski definition) is 6. The van der Waals surface area contributed by atoms with Crippen molar-refractivity contribution in [2.75, 3.05) is 13.2 Å². The molecule has 0 saturated heterocycles. The summed E-state index contributed by atoms with van der Waals surface area (Å²) < 4.78 is 0. The number of aromatic amines is 1. The van der Waals surface area contributed by atoms with Gasteiger partial charge >= 0.3 is 0 Å². The van der Waals surface area contributed by atoms with E-state index in [1.54, 1.807) is 18.3 Å². The van der Waals surface area contributed by atoms with Crippen LogP contribution in [-0.2, 0) is 0 Å². The lowest BCUT2D eigenvalue weighted by atomic mass is 9.98. The number of H-pyrrole nitrogens is 1. The van der Waals surface area contributed by atoms with Crippen LogP contribution in [0.1, 0.15) is 35.1 Å². The first-order valence-electron chi connectivity index (χ1n) is 11.0. The molecule has 1 amide bonds. The van der Waals surface area contributed by atoms with E-state index in [0.717, 1.165) is 32.1 Å². The third-order valence-corrected chi connectivity index (χ3v) is 6.75. The van der Waals surface area contributed by atoms with Gasteiger partial charge < -0.3 is 15.5 Å². The number of aliphatic hydroxyl groups is 2. The van der Waals surface area contributed by atoms with Gasteiger partial charge in [0, 0.05) is 21.4 Å². The maximum Gasteiger partial charge on any atom is 0.253 e. The fourth-order valence-corrected chi connectivity index (χ4v) is 4.45. The van der Waals surface area contributed by atoms with Gasteiger partial charge in [0.15, 0.2) is 0 Å². The first kappa shape index (κ1) is 23.7. The van der Waals surface area contributed by atoms with Gasteiger partial charge in [-0.05, 0) is 61.0 Å². The second kappa shape index (κ2) is 10.6. The number of pyridine rings is 1. The third-order valence-electron chi connectivity index (χ3n) is 5.68. The summed E-state index contributed by atoms with van der Waals surface area (Å²) in [6, 6.07) is 19.0. The van der Waals surface area contributed by atoms with Crippen LogP contribution in [0.4, 0.5) is 0 Å². The zero-order valence-corrected chi connectivity index (χ0v) is 19.5. The van der Waals surface area contributed by atoms with Crippen molar-refractivity contribution in [3.05, 3.63) is 83.8 Å². The number of benzene rings is 2. The molecule has 4 aromatic rings. The van der Waals surface area contributed by atoms with Crippen molar-refractivity contribution in [1.29, 1.82) is 0 Å². The average molecular weight is 475 g/mol. The quantitative estimate of drug-likeness (QED) is 0.290. The molecule has 0 fully saturated rings. The topological polar surface area (TPSA) is 111 Å². The van der Waals surface area contributed by atoms with Gasteiger partial charge in [-0.25, -0.2) is 0 Å². The minimum absolute atomic E-state index is 0.336. The van der Waals surface area contributed by atoms with Gasteiger partial charge in [-0.3, -0.25) is 14.9 Å². The fraction of sp³-hybridized carbons (Fsp3) is 0.192. The lowest BCUT2D eigenvalue weighted by Gasteiger charge is -2.30. The summed E-state index contributed by atoms with van der Waals surface area (Å²) in [5.74, 6) is -0.336. The Kier molecular flexibility index (Phi) is 7.42. The van der Waals surface area contributed by atoms with E-state index in [4.69, 9.17) is 0 Å². The Hall–Kier alpha value is -3.46. The number of rotatable bonds is 9. The molecule has 0 spiro atoms. The molecule has 0 aliphatic heterocycles. The Morgan fingerprint density at radius 2 is 1.88 bits per heavy atom. The first-order chi connectivity index (χ1) is 16.6.